The number of benzene rings is 2. The molecule has 2 aromatic carbocycles. The lowest BCUT2D eigenvalue weighted by molar-refractivity contribution is -0.113. The lowest BCUT2D eigenvalue weighted by Crippen LogP contribution is -2.14. The van der Waals surface area contributed by atoms with Crippen LogP contribution < -0.4 is 15.4 Å². The van der Waals surface area contributed by atoms with Crippen LogP contribution in [0.25, 0.3) is 0 Å². The molecule has 0 saturated heterocycles. The number of ether oxygens (including phenoxy) is 1. The molecule has 3 rings (SSSR count). The maximum atomic E-state index is 12.1. The van der Waals surface area contributed by atoms with Crippen LogP contribution in [0.5, 0.6) is 5.75 Å². The molecule has 0 saturated carbocycles. The Balaban J connectivity index is 1.56. The van der Waals surface area contributed by atoms with Crippen LogP contribution in [-0.2, 0) is 4.79 Å². The van der Waals surface area contributed by atoms with Crippen molar-refractivity contribution in [2.45, 2.75) is 4.34 Å². The topological polar surface area (TPSA) is 76.1 Å². The van der Waals surface area contributed by atoms with E-state index in [2.05, 4.69) is 20.8 Å². The number of rotatable bonds is 7. The fourth-order valence-corrected chi connectivity index (χ4v) is 3.99. The number of anilines is 3. The van der Waals surface area contributed by atoms with Gasteiger partial charge in [-0.1, -0.05) is 58.4 Å². The zero-order valence-electron chi connectivity index (χ0n) is 14.0. The van der Waals surface area contributed by atoms with Crippen molar-refractivity contribution in [2.75, 3.05) is 23.5 Å². The third-order valence-electron chi connectivity index (χ3n) is 3.28. The molecule has 1 amide bonds. The van der Waals surface area contributed by atoms with Gasteiger partial charge in [0.25, 0.3) is 0 Å². The number of nitrogens with one attached hydrogen (secondary N) is 2. The largest absolute Gasteiger partial charge is 0.495 e. The standard InChI is InChI=1S/C17H14Cl2N4O2S2/c1-25-14-5-3-2-4-12(14)21-16-22-23-17(27-16)26-9-15(24)20-13-8-10(18)6-7-11(13)19/h2-8H,9H2,1H3,(H,20,24)(H,21,22). The quantitative estimate of drug-likeness (QED) is 0.483. The fourth-order valence-electron chi connectivity index (χ4n) is 2.09. The number of methoxy groups -OCH3 is 1. The average molecular weight is 441 g/mol. The van der Waals surface area contributed by atoms with E-state index in [4.69, 9.17) is 27.9 Å². The smallest absolute Gasteiger partial charge is 0.234 e. The molecule has 0 unspecified atom stereocenters. The number of halogens is 2. The van der Waals surface area contributed by atoms with Crippen molar-refractivity contribution in [1.29, 1.82) is 0 Å². The van der Waals surface area contributed by atoms with E-state index in [1.807, 2.05) is 24.3 Å². The molecule has 3 aromatic rings. The van der Waals surface area contributed by atoms with Gasteiger partial charge in [-0.15, -0.1) is 10.2 Å². The van der Waals surface area contributed by atoms with Crippen LogP contribution in [0.4, 0.5) is 16.5 Å². The molecule has 140 valence electrons. The Morgan fingerprint density at radius 3 is 2.81 bits per heavy atom. The number of hydrogen-bond donors (Lipinski definition) is 2. The van der Waals surface area contributed by atoms with Gasteiger partial charge in [0.1, 0.15) is 5.75 Å². The molecular weight excluding hydrogens is 427 g/mol. The van der Waals surface area contributed by atoms with Crippen LogP contribution in [0.15, 0.2) is 46.8 Å². The summed E-state index contributed by atoms with van der Waals surface area (Å²) in [6, 6.07) is 12.4. The van der Waals surface area contributed by atoms with Gasteiger partial charge >= 0.3 is 0 Å². The van der Waals surface area contributed by atoms with E-state index in [-0.39, 0.29) is 11.7 Å². The molecule has 27 heavy (non-hydrogen) atoms. The lowest BCUT2D eigenvalue weighted by Gasteiger charge is -2.07. The zero-order valence-corrected chi connectivity index (χ0v) is 17.2. The second-order valence-electron chi connectivity index (χ2n) is 5.16. The second kappa shape index (κ2) is 9.27. The van der Waals surface area contributed by atoms with Crippen molar-refractivity contribution in [3.8, 4) is 5.75 Å². The Morgan fingerprint density at radius 2 is 2.00 bits per heavy atom. The van der Waals surface area contributed by atoms with Crippen LogP contribution in [0.2, 0.25) is 10.0 Å². The average Bonchev–Trinajstić information content (AvgIpc) is 3.11. The van der Waals surface area contributed by atoms with Crippen LogP contribution in [0.3, 0.4) is 0 Å². The summed E-state index contributed by atoms with van der Waals surface area (Å²) in [6.07, 6.45) is 0. The van der Waals surface area contributed by atoms with Gasteiger partial charge in [0.15, 0.2) is 4.34 Å². The van der Waals surface area contributed by atoms with E-state index in [0.717, 1.165) is 5.69 Å². The third kappa shape index (κ3) is 5.49. The maximum absolute atomic E-state index is 12.1. The highest BCUT2D eigenvalue weighted by molar-refractivity contribution is 8.01. The highest BCUT2D eigenvalue weighted by atomic mass is 35.5. The summed E-state index contributed by atoms with van der Waals surface area (Å²) >= 11 is 14.6. The first-order chi connectivity index (χ1) is 13.0. The van der Waals surface area contributed by atoms with Crippen LogP contribution in [-0.4, -0.2) is 29.0 Å². The lowest BCUT2D eigenvalue weighted by atomic mass is 10.3. The normalized spacial score (nSPS) is 10.5. The van der Waals surface area contributed by atoms with Crippen LogP contribution in [0, 0.1) is 0 Å². The van der Waals surface area contributed by atoms with E-state index >= 15 is 0 Å². The molecule has 6 nitrogen and oxygen atoms in total. The Hall–Kier alpha value is -2.00. The molecular formula is C17H14Cl2N4O2S2. The first-order valence-corrected chi connectivity index (χ1v) is 10.2. The highest BCUT2D eigenvalue weighted by Gasteiger charge is 2.11. The van der Waals surface area contributed by atoms with Crippen molar-refractivity contribution in [2.24, 2.45) is 0 Å². The molecule has 0 aliphatic rings. The van der Waals surface area contributed by atoms with Gasteiger partial charge in [-0.3, -0.25) is 4.79 Å². The number of nitrogens with zero attached hydrogens (tertiary/aromatic N) is 2. The number of amides is 1. The van der Waals surface area contributed by atoms with Crippen molar-refractivity contribution in [1.82, 2.24) is 10.2 Å². The van der Waals surface area contributed by atoms with Gasteiger partial charge in [0.2, 0.25) is 11.0 Å². The van der Waals surface area contributed by atoms with E-state index < -0.39 is 0 Å². The van der Waals surface area contributed by atoms with E-state index in [0.29, 0.717) is 31.0 Å². The molecule has 0 atom stereocenters. The molecule has 1 heterocycles. The molecule has 0 aliphatic carbocycles. The summed E-state index contributed by atoms with van der Waals surface area (Å²) in [5.74, 6) is 0.671. The van der Waals surface area contributed by atoms with Gasteiger partial charge in [-0.05, 0) is 30.3 Å². The minimum absolute atomic E-state index is 0.173. The van der Waals surface area contributed by atoms with Gasteiger partial charge in [0, 0.05) is 5.02 Å². The molecule has 0 aliphatic heterocycles. The first kappa shape index (κ1) is 19.8. The maximum Gasteiger partial charge on any atom is 0.234 e. The number of carbonyl (C=O) groups excluding carboxylic acids is 1. The second-order valence-corrected chi connectivity index (χ2v) is 8.20. The molecule has 0 fully saturated rings. The summed E-state index contributed by atoms with van der Waals surface area (Å²) in [5, 5.41) is 15.6. The number of aromatic nitrogens is 2. The summed E-state index contributed by atoms with van der Waals surface area (Å²) < 4.78 is 5.96. The van der Waals surface area contributed by atoms with Gasteiger partial charge in [-0.2, -0.15) is 0 Å². The van der Waals surface area contributed by atoms with Crippen molar-refractivity contribution < 1.29 is 9.53 Å². The monoisotopic (exact) mass is 440 g/mol. The summed E-state index contributed by atoms with van der Waals surface area (Å²) in [4.78, 5) is 12.1. The number of hydrogen-bond acceptors (Lipinski definition) is 7. The van der Waals surface area contributed by atoms with Crippen molar-refractivity contribution in [3.05, 3.63) is 52.5 Å². The zero-order chi connectivity index (χ0) is 19.2. The van der Waals surface area contributed by atoms with Crippen LogP contribution in [0.1, 0.15) is 0 Å². The third-order valence-corrected chi connectivity index (χ3v) is 5.82. The van der Waals surface area contributed by atoms with Crippen molar-refractivity contribution in [3.63, 3.8) is 0 Å². The Kier molecular flexibility index (Phi) is 6.78. The van der Waals surface area contributed by atoms with Gasteiger partial charge in [-0.25, -0.2) is 0 Å². The number of para-hydroxylation sites is 2. The first-order valence-electron chi connectivity index (χ1n) is 7.66. The minimum Gasteiger partial charge on any atom is -0.495 e. The van der Waals surface area contributed by atoms with Gasteiger partial charge < -0.3 is 15.4 Å². The SMILES string of the molecule is COc1ccccc1Nc1nnc(SCC(=O)Nc2cc(Cl)ccc2Cl)s1. The fraction of sp³-hybridized carbons (Fsp3) is 0.118. The van der Waals surface area contributed by atoms with Gasteiger partial charge in [0.05, 0.1) is 29.3 Å². The van der Waals surface area contributed by atoms with E-state index in [1.165, 1.54) is 23.1 Å². The predicted octanol–water partition coefficient (Wildman–Crippen LogP) is 5.33. The summed E-state index contributed by atoms with van der Waals surface area (Å²) in [7, 11) is 1.60. The van der Waals surface area contributed by atoms with E-state index in [1.54, 1.807) is 25.3 Å². The molecule has 2 N–H and O–H groups in total. The molecule has 10 heteroatoms. The Morgan fingerprint density at radius 1 is 1.19 bits per heavy atom. The Labute approximate surface area is 174 Å². The molecule has 0 spiro atoms. The van der Waals surface area contributed by atoms with E-state index in [9.17, 15) is 4.79 Å². The predicted molar refractivity (Wildman–Crippen MR) is 112 cm³/mol. The Bertz CT molecular complexity index is 952. The number of thioether (sulfide) groups is 1. The molecule has 0 bridgehead atoms. The summed E-state index contributed by atoms with van der Waals surface area (Å²) in [6.45, 7) is 0. The number of carbonyl (C=O) groups is 1. The van der Waals surface area contributed by atoms with Crippen LogP contribution >= 0.6 is 46.3 Å². The molecule has 1 aromatic heterocycles. The molecule has 0 radical (unpaired) electrons. The minimum atomic E-state index is -0.210. The summed E-state index contributed by atoms with van der Waals surface area (Å²) in [5.41, 5.74) is 1.27. The highest BCUT2D eigenvalue weighted by Crippen LogP contribution is 2.31. The van der Waals surface area contributed by atoms with Crippen molar-refractivity contribution >= 4 is 68.7 Å².